The number of halogens is 1. The number of rotatable bonds is 5. The third kappa shape index (κ3) is 4.52. The molecule has 0 aromatic heterocycles. The summed E-state index contributed by atoms with van der Waals surface area (Å²) in [5.41, 5.74) is 0.218. The van der Waals surface area contributed by atoms with E-state index in [9.17, 15) is 21.6 Å². The first-order valence-electron chi connectivity index (χ1n) is 7.09. The maximum atomic E-state index is 12.5. The predicted octanol–water partition coefficient (Wildman–Crippen LogP) is 1.49. The van der Waals surface area contributed by atoms with Gasteiger partial charge in [-0.25, -0.2) is 22.0 Å². The number of nitrogens with zero attached hydrogens (tertiary/aromatic N) is 1. The van der Waals surface area contributed by atoms with E-state index in [1.165, 1.54) is 41.3 Å². The summed E-state index contributed by atoms with van der Waals surface area (Å²) >= 11 is 6.01. The van der Waals surface area contributed by atoms with Gasteiger partial charge in [-0.1, -0.05) is 17.7 Å². The molecule has 11 heteroatoms. The first-order valence-corrected chi connectivity index (χ1v) is 10.5. The number of primary sulfonamides is 1. The van der Waals surface area contributed by atoms with Gasteiger partial charge in [-0.15, -0.1) is 0 Å². The molecule has 0 saturated carbocycles. The molecule has 0 spiro atoms. The summed E-state index contributed by atoms with van der Waals surface area (Å²) in [6.07, 6.45) is 0. The quantitative estimate of drug-likeness (QED) is 0.761. The minimum atomic E-state index is -4.16. The third-order valence-electron chi connectivity index (χ3n) is 3.31. The normalized spacial score (nSPS) is 11.8. The molecule has 2 rings (SSSR count). The summed E-state index contributed by atoms with van der Waals surface area (Å²) in [5.74, 6) is -0.335. The fraction of sp³-hybridized carbons (Fsp3) is 0.133. The van der Waals surface area contributed by atoms with Crippen molar-refractivity contribution in [3.05, 3.63) is 53.1 Å². The first-order chi connectivity index (χ1) is 11.9. The van der Waals surface area contributed by atoms with Crippen LogP contribution in [0.3, 0.4) is 0 Å². The number of carbonyl (C=O) groups is 1. The molecule has 0 aliphatic heterocycles. The highest BCUT2D eigenvalue weighted by atomic mass is 35.5. The molecular formula is C15H16ClN3O5S2. The summed E-state index contributed by atoms with van der Waals surface area (Å²) in [4.78, 5) is 12.7. The minimum Gasteiger partial charge on any atom is -0.345 e. The van der Waals surface area contributed by atoms with Gasteiger partial charge >= 0.3 is 0 Å². The van der Waals surface area contributed by atoms with Gasteiger partial charge in [-0.2, -0.15) is 0 Å². The number of sulfonamides is 2. The zero-order valence-electron chi connectivity index (χ0n) is 13.8. The molecular weight excluding hydrogens is 402 g/mol. The Hall–Kier alpha value is -2.14. The Morgan fingerprint density at radius 1 is 1.04 bits per heavy atom. The molecule has 140 valence electrons. The number of hydrogen-bond donors (Lipinski definition) is 2. The van der Waals surface area contributed by atoms with E-state index in [0.29, 0.717) is 0 Å². The standard InChI is InChI=1S/C15H16ClN3O5S2/c1-19(2)15(20)10-6-7-13(16)14(8-10)18-26(23,24)12-5-3-4-11(9-12)25(17,21)22/h3-9,18H,1-2H3,(H2,17,21,22). The molecule has 0 aliphatic rings. The summed E-state index contributed by atoms with van der Waals surface area (Å²) in [6, 6.07) is 8.71. The Morgan fingerprint density at radius 3 is 2.23 bits per heavy atom. The molecule has 0 fully saturated rings. The van der Waals surface area contributed by atoms with E-state index in [1.807, 2.05) is 0 Å². The van der Waals surface area contributed by atoms with Gasteiger partial charge in [0.15, 0.2) is 0 Å². The van der Waals surface area contributed by atoms with Crippen molar-refractivity contribution >= 4 is 43.2 Å². The van der Waals surface area contributed by atoms with Crippen LogP contribution in [0.2, 0.25) is 5.02 Å². The van der Waals surface area contributed by atoms with Crippen LogP contribution in [-0.4, -0.2) is 41.7 Å². The number of hydrogen-bond acceptors (Lipinski definition) is 5. The van der Waals surface area contributed by atoms with Crippen LogP contribution in [0.4, 0.5) is 5.69 Å². The molecule has 0 unspecified atom stereocenters. The van der Waals surface area contributed by atoms with Gasteiger partial charge in [0.25, 0.3) is 15.9 Å². The van der Waals surface area contributed by atoms with Gasteiger partial charge in [0.1, 0.15) is 0 Å². The molecule has 8 nitrogen and oxygen atoms in total. The number of benzene rings is 2. The van der Waals surface area contributed by atoms with Crippen molar-refractivity contribution in [3.63, 3.8) is 0 Å². The van der Waals surface area contributed by atoms with Crippen LogP contribution in [0.25, 0.3) is 0 Å². The predicted molar refractivity (Wildman–Crippen MR) is 98.1 cm³/mol. The fourth-order valence-electron chi connectivity index (χ4n) is 2.02. The average Bonchev–Trinajstić information content (AvgIpc) is 2.55. The molecule has 0 atom stereocenters. The molecule has 0 radical (unpaired) electrons. The lowest BCUT2D eigenvalue weighted by atomic mass is 10.2. The highest BCUT2D eigenvalue weighted by Crippen LogP contribution is 2.27. The van der Waals surface area contributed by atoms with Crippen molar-refractivity contribution < 1.29 is 21.6 Å². The highest BCUT2D eigenvalue weighted by molar-refractivity contribution is 7.93. The van der Waals surface area contributed by atoms with E-state index in [4.69, 9.17) is 16.7 Å². The average molecular weight is 418 g/mol. The van der Waals surface area contributed by atoms with E-state index in [1.54, 1.807) is 14.1 Å². The van der Waals surface area contributed by atoms with Crippen LogP contribution in [0.15, 0.2) is 52.3 Å². The second-order valence-electron chi connectivity index (χ2n) is 5.52. The van der Waals surface area contributed by atoms with Gasteiger partial charge in [-0.3, -0.25) is 9.52 Å². The molecule has 2 aromatic carbocycles. The second kappa shape index (κ2) is 7.23. The van der Waals surface area contributed by atoms with E-state index >= 15 is 0 Å². The van der Waals surface area contributed by atoms with Gasteiger partial charge in [0, 0.05) is 19.7 Å². The van der Waals surface area contributed by atoms with Crippen molar-refractivity contribution in [2.24, 2.45) is 5.14 Å². The van der Waals surface area contributed by atoms with E-state index in [-0.39, 0.29) is 32.0 Å². The van der Waals surface area contributed by atoms with E-state index < -0.39 is 20.0 Å². The lowest BCUT2D eigenvalue weighted by Crippen LogP contribution is -2.22. The molecule has 0 bridgehead atoms. The summed E-state index contributed by atoms with van der Waals surface area (Å²) < 4.78 is 50.2. The van der Waals surface area contributed by atoms with Crippen LogP contribution in [0.5, 0.6) is 0 Å². The Morgan fingerprint density at radius 2 is 1.65 bits per heavy atom. The van der Waals surface area contributed by atoms with Crippen LogP contribution in [0.1, 0.15) is 10.4 Å². The second-order valence-corrected chi connectivity index (χ2v) is 9.17. The lowest BCUT2D eigenvalue weighted by molar-refractivity contribution is 0.0827. The summed E-state index contributed by atoms with van der Waals surface area (Å²) in [6.45, 7) is 0. The fourth-order valence-corrected chi connectivity index (χ4v) is 3.99. The van der Waals surface area contributed by atoms with Crippen LogP contribution in [0, 0.1) is 0 Å². The van der Waals surface area contributed by atoms with Crippen LogP contribution in [-0.2, 0) is 20.0 Å². The van der Waals surface area contributed by atoms with Crippen molar-refractivity contribution in [1.82, 2.24) is 4.90 Å². The maximum Gasteiger partial charge on any atom is 0.261 e. The molecule has 1 amide bonds. The molecule has 0 aliphatic carbocycles. The minimum absolute atomic E-state index is 0.0135. The number of nitrogens with two attached hydrogens (primary N) is 1. The molecule has 2 aromatic rings. The maximum absolute atomic E-state index is 12.5. The number of amides is 1. The van der Waals surface area contributed by atoms with Crippen molar-refractivity contribution in [2.45, 2.75) is 9.79 Å². The smallest absolute Gasteiger partial charge is 0.261 e. The third-order valence-corrected chi connectivity index (χ3v) is 5.91. The number of anilines is 1. The zero-order valence-corrected chi connectivity index (χ0v) is 16.2. The zero-order chi connectivity index (χ0) is 19.7. The molecule has 0 heterocycles. The highest BCUT2D eigenvalue weighted by Gasteiger charge is 2.20. The van der Waals surface area contributed by atoms with Crippen molar-refractivity contribution in [1.29, 1.82) is 0 Å². The topological polar surface area (TPSA) is 127 Å². The Labute approximate surface area is 156 Å². The van der Waals surface area contributed by atoms with E-state index in [0.717, 1.165) is 6.07 Å². The van der Waals surface area contributed by atoms with E-state index in [2.05, 4.69) is 4.72 Å². The van der Waals surface area contributed by atoms with Crippen LogP contribution >= 0.6 is 11.6 Å². The Kier molecular flexibility index (Phi) is 5.61. The van der Waals surface area contributed by atoms with Gasteiger partial charge in [0.05, 0.1) is 20.5 Å². The van der Waals surface area contributed by atoms with Gasteiger partial charge in [-0.05, 0) is 36.4 Å². The lowest BCUT2D eigenvalue weighted by Gasteiger charge is -2.14. The van der Waals surface area contributed by atoms with Crippen molar-refractivity contribution in [3.8, 4) is 0 Å². The Balaban J connectivity index is 2.44. The molecule has 26 heavy (non-hydrogen) atoms. The summed E-state index contributed by atoms with van der Waals surface area (Å²) in [5, 5.41) is 5.10. The first kappa shape index (κ1) is 20.2. The monoisotopic (exact) mass is 417 g/mol. The Bertz CT molecular complexity index is 1070. The van der Waals surface area contributed by atoms with Crippen LogP contribution < -0.4 is 9.86 Å². The van der Waals surface area contributed by atoms with Gasteiger partial charge < -0.3 is 4.90 Å². The molecule has 0 saturated heterocycles. The number of nitrogens with one attached hydrogen (secondary N) is 1. The summed E-state index contributed by atoms with van der Waals surface area (Å²) in [7, 11) is -5.11. The van der Waals surface area contributed by atoms with Crippen molar-refractivity contribution in [2.75, 3.05) is 18.8 Å². The van der Waals surface area contributed by atoms with Gasteiger partial charge in [0.2, 0.25) is 10.0 Å². The largest absolute Gasteiger partial charge is 0.345 e. The molecule has 3 N–H and O–H groups in total. The SMILES string of the molecule is CN(C)C(=O)c1ccc(Cl)c(NS(=O)(=O)c2cccc(S(N)(=O)=O)c2)c1. The number of carbonyl (C=O) groups excluding carboxylic acids is 1.